The molecule has 1 aliphatic heterocycles. The van der Waals surface area contributed by atoms with Gasteiger partial charge in [-0.1, -0.05) is 5.16 Å². The van der Waals surface area contributed by atoms with Gasteiger partial charge in [0.1, 0.15) is 11.3 Å². The SMILES string of the molecule is COc1ncccc1C(=O)N1CCC(C(=O)Nc2cc(C)on2)CC1. The summed E-state index contributed by atoms with van der Waals surface area (Å²) in [5.74, 6) is 0.989. The number of ether oxygens (including phenoxy) is 1. The van der Waals surface area contributed by atoms with Crippen molar-refractivity contribution >= 4 is 17.6 Å². The quantitative estimate of drug-likeness (QED) is 0.909. The molecule has 0 atom stereocenters. The highest BCUT2D eigenvalue weighted by molar-refractivity contribution is 5.97. The molecule has 1 saturated heterocycles. The number of aromatic nitrogens is 2. The second-order valence-corrected chi connectivity index (χ2v) is 5.94. The first-order valence-corrected chi connectivity index (χ1v) is 8.11. The largest absolute Gasteiger partial charge is 0.480 e. The van der Waals surface area contributed by atoms with E-state index in [0.29, 0.717) is 49.0 Å². The van der Waals surface area contributed by atoms with Crippen LogP contribution in [-0.4, -0.2) is 47.1 Å². The van der Waals surface area contributed by atoms with Crippen molar-refractivity contribution in [2.45, 2.75) is 19.8 Å². The smallest absolute Gasteiger partial charge is 0.259 e. The minimum atomic E-state index is -0.156. The molecule has 3 heterocycles. The van der Waals surface area contributed by atoms with Crippen LogP contribution in [0.15, 0.2) is 28.9 Å². The van der Waals surface area contributed by atoms with E-state index in [1.807, 2.05) is 0 Å². The zero-order chi connectivity index (χ0) is 17.8. The lowest BCUT2D eigenvalue weighted by atomic mass is 9.95. The number of aryl methyl sites for hydroxylation is 1. The van der Waals surface area contributed by atoms with E-state index in [2.05, 4.69) is 15.5 Å². The summed E-state index contributed by atoms with van der Waals surface area (Å²) in [5, 5.41) is 6.51. The molecule has 1 fully saturated rings. The van der Waals surface area contributed by atoms with Gasteiger partial charge < -0.3 is 19.5 Å². The van der Waals surface area contributed by atoms with Gasteiger partial charge in [-0.2, -0.15) is 0 Å². The van der Waals surface area contributed by atoms with Gasteiger partial charge in [0, 0.05) is 31.3 Å². The molecule has 1 N–H and O–H groups in total. The molecule has 8 heteroatoms. The highest BCUT2D eigenvalue weighted by Gasteiger charge is 2.29. The van der Waals surface area contributed by atoms with Gasteiger partial charge in [-0.25, -0.2) is 4.98 Å². The molecule has 0 bridgehead atoms. The molecule has 0 aliphatic carbocycles. The molecule has 0 spiro atoms. The fraction of sp³-hybridized carbons (Fsp3) is 0.412. The molecule has 25 heavy (non-hydrogen) atoms. The summed E-state index contributed by atoms with van der Waals surface area (Å²) in [4.78, 5) is 30.7. The van der Waals surface area contributed by atoms with Gasteiger partial charge in [0.25, 0.3) is 5.91 Å². The van der Waals surface area contributed by atoms with Gasteiger partial charge in [0.15, 0.2) is 5.82 Å². The number of hydrogen-bond acceptors (Lipinski definition) is 6. The third-order valence-electron chi connectivity index (χ3n) is 4.23. The number of amides is 2. The molecule has 0 radical (unpaired) electrons. The van der Waals surface area contributed by atoms with E-state index in [1.54, 1.807) is 36.2 Å². The van der Waals surface area contributed by atoms with Crippen LogP contribution < -0.4 is 10.1 Å². The molecular formula is C17H20N4O4. The van der Waals surface area contributed by atoms with Crippen LogP contribution in [0.5, 0.6) is 5.88 Å². The summed E-state index contributed by atoms with van der Waals surface area (Å²) >= 11 is 0. The molecular weight excluding hydrogens is 324 g/mol. The predicted octanol–water partition coefficient (Wildman–Crippen LogP) is 1.88. The van der Waals surface area contributed by atoms with Crippen LogP contribution in [0.3, 0.4) is 0 Å². The Labute approximate surface area is 145 Å². The molecule has 2 amide bonds. The Balaban J connectivity index is 1.58. The van der Waals surface area contributed by atoms with Crippen molar-refractivity contribution in [1.82, 2.24) is 15.0 Å². The van der Waals surface area contributed by atoms with Crippen molar-refractivity contribution < 1.29 is 18.8 Å². The second-order valence-electron chi connectivity index (χ2n) is 5.94. The number of carbonyl (C=O) groups is 2. The minimum absolute atomic E-state index is 0.0978. The van der Waals surface area contributed by atoms with Gasteiger partial charge in [-0.3, -0.25) is 9.59 Å². The van der Waals surface area contributed by atoms with Crippen LogP contribution in [0.1, 0.15) is 29.0 Å². The molecule has 0 unspecified atom stereocenters. The fourth-order valence-corrected chi connectivity index (χ4v) is 2.88. The van der Waals surface area contributed by atoms with Crippen LogP contribution in [0.25, 0.3) is 0 Å². The number of hydrogen-bond donors (Lipinski definition) is 1. The normalized spacial score (nSPS) is 15.0. The standard InChI is InChI=1S/C17H20N4O4/c1-11-10-14(20-25-11)19-15(22)12-5-8-21(9-6-12)17(23)13-4-3-7-18-16(13)24-2/h3-4,7,10,12H,5-6,8-9H2,1-2H3,(H,19,20,22). The molecule has 0 saturated carbocycles. The van der Waals surface area contributed by atoms with Gasteiger partial charge in [0.2, 0.25) is 11.8 Å². The van der Waals surface area contributed by atoms with Gasteiger partial charge in [-0.05, 0) is 31.9 Å². The minimum Gasteiger partial charge on any atom is -0.480 e. The summed E-state index contributed by atoms with van der Waals surface area (Å²) in [6.07, 6.45) is 2.77. The van der Waals surface area contributed by atoms with E-state index in [9.17, 15) is 9.59 Å². The van der Waals surface area contributed by atoms with E-state index >= 15 is 0 Å². The number of rotatable bonds is 4. The Bertz CT molecular complexity index is 766. The Morgan fingerprint density at radius 2 is 2.12 bits per heavy atom. The Hall–Kier alpha value is -2.90. The number of anilines is 1. The Morgan fingerprint density at radius 1 is 1.36 bits per heavy atom. The monoisotopic (exact) mass is 344 g/mol. The van der Waals surface area contributed by atoms with Crippen molar-refractivity contribution in [3.05, 3.63) is 35.7 Å². The number of methoxy groups -OCH3 is 1. The average molecular weight is 344 g/mol. The molecule has 2 aromatic heterocycles. The third kappa shape index (κ3) is 3.78. The van der Waals surface area contributed by atoms with Crippen LogP contribution >= 0.6 is 0 Å². The molecule has 1 aliphatic rings. The first-order valence-electron chi connectivity index (χ1n) is 8.11. The number of nitrogens with zero attached hydrogens (tertiary/aromatic N) is 3. The van der Waals surface area contributed by atoms with E-state index in [-0.39, 0.29) is 17.7 Å². The number of nitrogens with one attached hydrogen (secondary N) is 1. The van der Waals surface area contributed by atoms with E-state index in [4.69, 9.17) is 9.26 Å². The number of piperidine rings is 1. The molecule has 132 valence electrons. The topological polar surface area (TPSA) is 97.6 Å². The molecule has 2 aromatic rings. The summed E-state index contributed by atoms with van der Waals surface area (Å²) in [6.45, 7) is 2.78. The lowest BCUT2D eigenvalue weighted by molar-refractivity contribution is -0.121. The van der Waals surface area contributed by atoms with Crippen molar-refractivity contribution in [2.24, 2.45) is 5.92 Å². The summed E-state index contributed by atoms with van der Waals surface area (Å²) in [6, 6.07) is 5.07. The zero-order valence-electron chi connectivity index (χ0n) is 14.2. The van der Waals surface area contributed by atoms with Crippen LogP contribution in [0.2, 0.25) is 0 Å². The first-order chi connectivity index (χ1) is 12.1. The van der Waals surface area contributed by atoms with E-state index in [0.717, 1.165) is 0 Å². The molecule has 8 nitrogen and oxygen atoms in total. The second kappa shape index (κ2) is 7.33. The van der Waals surface area contributed by atoms with E-state index in [1.165, 1.54) is 7.11 Å². The summed E-state index contributed by atoms with van der Waals surface area (Å²) in [7, 11) is 1.49. The lowest BCUT2D eigenvalue weighted by Gasteiger charge is -2.31. The van der Waals surface area contributed by atoms with Gasteiger partial charge in [0.05, 0.1) is 7.11 Å². The number of carbonyl (C=O) groups excluding carboxylic acids is 2. The maximum atomic E-state index is 12.6. The Kier molecular flexibility index (Phi) is 4.97. The predicted molar refractivity (Wildman–Crippen MR) is 89.3 cm³/mol. The highest BCUT2D eigenvalue weighted by Crippen LogP contribution is 2.23. The van der Waals surface area contributed by atoms with Crippen molar-refractivity contribution in [3.63, 3.8) is 0 Å². The van der Waals surface area contributed by atoms with Crippen LogP contribution in [0, 0.1) is 12.8 Å². The molecule has 3 rings (SSSR count). The average Bonchev–Trinajstić information content (AvgIpc) is 3.06. The van der Waals surface area contributed by atoms with Gasteiger partial charge in [-0.15, -0.1) is 0 Å². The zero-order valence-corrected chi connectivity index (χ0v) is 14.2. The van der Waals surface area contributed by atoms with Crippen molar-refractivity contribution in [3.8, 4) is 5.88 Å². The van der Waals surface area contributed by atoms with Crippen LogP contribution in [0.4, 0.5) is 5.82 Å². The van der Waals surface area contributed by atoms with Crippen LogP contribution in [-0.2, 0) is 4.79 Å². The van der Waals surface area contributed by atoms with Crippen molar-refractivity contribution in [2.75, 3.05) is 25.5 Å². The number of likely N-dealkylation sites (tertiary alicyclic amines) is 1. The van der Waals surface area contributed by atoms with E-state index < -0.39 is 0 Å². The number of pyridine rings is 1. The maximum Gasteiger partial charge on any atom is 0.259 e. The first kappa shape index (κ1) is 16.9. The Morgan fingerprint density at radius 3 is 2.76 bits per heavy atom. The third-order valence-corrected chi connectivity index (χ3v) is 4.23. The fourth-order valence-electron chi connectivity index (χ4n) is 2.88. The van der Waals surface area contributed by atoms with Gasteiger partial charge >= 0.3 is 0 Å². The highest BCUT2D eigenvalue weighted by atomic mass is 16.5. The molecule has 0 aromatic carbocycles. The van der Waals surface area contributed by atoms with Crippen molar-refractivity contribution in [1.29, 1.82) is 0 Å². The lowest BCUT2D eigenvalue weighted by Crippen LogP contribution is -2.41. The summed E-state index contributed by atoms with van der Waals surface area (Å²) < 4.78 is 10.1. The summed E-state index contributed by atoms with van der Waals surface area (Å²) in [5.41, 5.74) is 0.436. The maximum absolute atomic E-state index is 12.6.